The average Bonchev–Trinajstić information content (AvgIpc) is 2.62. The first-order chi connectivity index (χ1) is 12.3. The lowest BCUT2D eigenvalue weighted by atomic mass is 10.1. The molecule has 2 aromatic carbocycles. The van der Waals surface area contributed by atoms with E-state index in [9.17, 15) is 18.8 Å². The van der Waals surface area contributed by atoms with Crippen LogP contribution < -0.4 is 10.1 Å². The largest absolute Gasteiger partial charge is 0.479 e. The Morgan fingerprint density at radius 1 is 1.04 bits per heavy atom. The third-order valence-corrected chi connectivity index (χ3v) is 3.38. The Morgan fingerprint density at radius 2 is 1.65 bits per heavy atom. The van der Waals surface area contributed by atoms with Crippen molar-refractivity contribution in [2.45, 2.75) is 20.0 Å². The number of ketones is 1. The van der Waals surface area contributed by atoms with E-state index in [0.29, 0.717) is 17.0 Å². The topological polar surface area (TPSA) is 81.7 Å². The monoisotopic (exact) mass is 359 g/mol. The third kappa shape index (κ3) is 5.70. The summed E-state index contributed by atoms with van der Waals surface area (Å²) in [5, 5.41) is 2.55. The molecule has 0 spiro atoms. The van der Waals surface area contributed by atoms with E-state index in [2.05, 4.69) is 5.32 Å². The zero-order valence-corrected chi connectivity index (χ0v) is 14.3. The molecule has 0 bridgehead atoms. The third-order valence-electron chi connectivity index (χ3n) is 3.38. The van der Waals surface area contributed by atoms with Gasteiger partial charge >= 0.3 is 5.97 Å². The molecule has 0 unspecified atom stereocenters. The van der Waals surface area contributed by atoms with Crippen LogP contribution in [0.5, 0.6) is 5.75 Å². The van der Waals surface area contributed by atoms with Crippen LogP contribution in [0.3, 0.4) is 0 Å². The molecule has 1 amide bonds. The zero-order chi connectivity index (χ0) is 19.1. The van der Waals surface area contributed by atoms with Gasteiger partial charge in [0.15, 0.2) is 18.5 Å². The van der Waals surface area contributed by atoms with Crippen molar-refractivity contribution in [1.29, 1.82) is 0 Å². The second-order valence-electron chi connectivity index (χ2n) is 5.50. The summed E-state index contributed by atoms with van der Waals surface area (Å²) in [6.45, 7) is 2.43. The molecule has 0 saturated heterocycles. The van der Waals surface area contributed by atoms with Crippen molar-refractivity contribution < 1.29 is 28.2 Å². The Bertz CT molecular complexity index is 787. The van der Waals surface area contributed by atoms with E-state index in [1.54, 1.807) is 24.3 Å². The highest BCUT2D eigenvalue weighted by Crippen LogP contribution is 2.14. The molecule has 0 aromatic heterocycles. The summed E-state index contributed by atoms with van der Waals surface area (Å²) in [6.07, 6.45) is -0.955. The maximum Gasteiger partial charge on any atom is 0.347 e. The quantitative estimate of drug-likeness (QED) is 0.607. The fourth-order valence-electron chi connectivity index (χ4n) is 2.00. The molecule has 1 atom stereocenters. The van der Waals surface area contributed by atoms with Gasteiger partial charge in [-0.15, -0.1) is 0 Å². The van der Waals surface area contributed by atoms with E-state index in [1.165, 1.54) is 38.1 Å². The molecule has 2 rings (SSSR count). The maximum absolute atomic E-state index is 12.8. The van der Waals surface area contributed by atoms with Gasteiger partial charge in [-0.05, 0) is 62.4 Å². The lowest BCUT2D eigenvalue weighted by Crippen LogP contribution is -2.29. The molecule has 1 N–H and O–H groups in total. The summed E-state index contributed by atoms with van der Waals surface area (Å²) in [7, 11) is 0. The van der Waals surface area contributed by atoms with Gasteiger partial charge in [0, 0.05) is 11.3 Å². The van der Waals surface area contributed by atoms with Crippen molar-refractivity contribution in [3.05, 3.63) is 59.9 Å². The van der Waals surface area contributed by atoms with Gasteiger partial charge in [-0.25, -0.2) is 9.18 Å². The van der Waals surface area contributed by atoms with E-state index >= 15 is 0 Å². The van der Waals surface area contributed by atoms with Crippen molar-refractivity contribution in [2.75, 3.05) is 11.9 Å². The van der Waals surface area contributed by atoms with Crippen LogP contribution in [-0.2, 0) is 14.3 Å². The highest BCUT2D eigenvalue weighted by atomic mass is 19.1. The molecule has 0 aliphatic carbocycles. The number of halogens is 1. The van der Waals surface area contributed by atoms with Gasteiger partial charge < -0.3 is 14.8 Å². The second-order valence-corrected chi connectivity index (χ2v) is 5.50. The number of benzene rings is 2. The number of nitrogens with one attached hydrogen (secondary N) is 1. The average molecular weight is 359 g/mol. The molecular weight excluding hydrogens is 341 g/mol. The number of ether oxygens (including phenoxy) is 2. The van der Waals surface area contributed by atoms with Crippen LogP contribution in [0, 0.1) is 5.82 Å². The van der Waals surface area contributed by atoms with Crippen molar-refractivity contribution >= 4 is 23.3 Å². The van der Waals surface area contributed by atoms with E-state index in [1.807, 2.05) is 0 Å². The minimum absolute atomic E-state index is 0.0769. The van der Waals surface area contributed by atoms with Crippen LogP contribution in [0.4, 0.5) is 10.1 Å². The Kier molecular flexibility index (Phi) is 6.43. The number of Topliss-reactive ketones (excluding diaryl/α,β-unsaturated/α-hetero) is 1. The number of esters is 1. The summed E-state index contributed by atoms with van der Waals surface area (Å²) in [5.41, 5.74) is 1.01. The molecule has 0 radical (unpaired) electrons. The molecule has 2 aromatic rings. The van der Waals surface area contributed by atoms with Crippen molar-refractivity contribution in [2.24, 2.45) is 0 Å². The van der Waals surface area contributed by atoms with Gasteiger partial charge in [-0.1, -0.05) is 0 Å². The fourth-order valence-corrected chi connectivity index (χ4v) is 2.00. The summed E-state index contributed by atoms with van der Waals surface area (Å²) in [5.74, 6) is -1.43. The number of carbonyl (C=O) groups is 3. The number of rotatable bonds is 7. The Hall–Kier alpha value is -3.22. The summed E-state index contributed by atoms with van der Waals surface area (Å²) in [4.78, 5) is 34.9. The van der Waals surface area contributed by atoms with Gasteiger partial charge in [-0.2, -0.15) is 0 Å². The normalized spacial score (nSPS) is 11.3. The van der Waals surface area contributed by atoms with Crippen LogP contribution in [0.15, 0.2) is 48.5 Å². The molecule has 0 saturated carbocycles. The molecule has 136 valence electrons. The first-order valence-corrected chi connectivity index (χ1v) is 7.85. The minimum Gasteiger partial charge on any atom is -0.479 e. The Labute approximate surface area is 149 Å². The molecule has 6 nitrogen and oxygen atoms in total. The molecule has 0 aliphatic rings. The van der Waals surface area contributed by atoms with Gasteiger partial charge in [0.05, 0.1) is 0 Å². The lowest BCUT2D eigenvalue weighted by molar-refractivity contribution is -0.153. The van der Waals surface area contributed by atoms with Crippen LogP contribution in [0.2, 0.25) is 0 Å². The SMILES string of the molecule is CC(=O)c1ccc(NC(=O)COC(=O)[C@@H](C)Oc2ccc(F)cc2)cc1. The molecule has 26 heavy (non-hydrogen) atoms. The highest BCUT2D eigenvalue weighted by Gasteiger charge is 2.18. The van der Waals surface area contributed by atoms with Gasteiger partial charge in [0.25, 0.3) is 5.91 Å². The number of anilines is 1. The van der Waals surface area contributed by atoms with Crippen LogP contribution in [-0.4, -0.2) is 30.4 Å². The minimum atomic E-state index is -0.955. The van der Waals surface area contributed by atoms with Crippen LogP contribution >= 0.6 is 0 Å². The highest BCUT2D eigenvalue weighted by molar-refractivity contribution is 5.96. The second kappa shape index (κ2) is 8.75. The molecule has 0 heterocycles. The molecular formula is C19H18FNO5. The predicted octanol–water partition coefficient (Wildman–Crippen LogP) is 2.98. The maximum atomic E-state index is 12.8. The van der Waals surface area contributed by atoms with Gasteiger partial charge in [0.1, 0.15) is 11.6 Å². The van der Waals surface area contributed by atoms with Gasteiger partial charge in [-0.3, -0.25) is 9.59 Å². The first-order valence-electron chi connectivity index (χ1n) is 7.85. The Morgan fingerprint density at radius 3 is 2.23 bits per heavy atom. The van der Waals surface area contributed by atoms with E-state index in [-0.39, 0.29) is 5.78 Å². The van der Waals surface area contributed by atoms with Crippen molar-refractivity contribution in [1.82, 2.24) is 0 Å². The number of hydrogen-bond donors (Lipinski definition) is 1. The van der Waals surface area contributed by atoms with Crippen LogP contribution in [0.1, 0.15) is 24.2 Å². The first kappa shape index (κ1) is 19.1. The lowest BCUT2D eigenvalue weighted by Gasteiger charge is -2.14. The number of carbonyl (C=O) groups excluding carboxylic acids is 3. The fraction of sp³-hybridized carbons (Fsp3) is 0.211. The Balaban J connectivity index is 1.79. The smallest absolute Gasteiger partial charge is 0.347 e. The number of amides is 1. The van der Waals surface area contributed by atoms with E-state index < -0.39 is 30.4 Å². The predicted molar refractivity (Wildman–Crippen MR) is 92.5 cm³/mol. The van der Waals surface area contributed by atoms with Crippen molar-refractivity contribution in [3.8, 4) is 5.75 Å². The molecule has 0 aliphatic heterocycles. The summed E-state index contributed by atoms with van der Waals surface area (Å²) in [6, 6.07) is 11.5. The molecule has 7 heteroatoms. The van der Waals surface area contributed by atoms with Gasteiger partial charge in [0.2, 0.25) is 0 Å². The van der Waals surface area contributed by atoms with E-state index in [4.69, 9.17) is 9.47 Å². The summed E-state index contributed by atoms with van der Waals surface area (Å²) < 4.78 is 23.0. The van der Waals surface area contributed by atoms with E-state index in [0.717, 1.165) is 0 Å². The summed E-state index contributed by atoms with van der Waals surface area (Å²) >= 11 is 0. The van der Waals surface area contributed by atoms with Crippen LogP contribution in [0.25, 0.3) is 0 Å². The standard InChI is InChI=1S/C19H18FNO5/c1-12(22)14-3-7-16(8-4-14)21-18(23)11-25-19(24)13(2)26-17-9-5-15(20)6-10-17/h3-10,13H,11H2,1-2H3,(H,21,23)/t13-/m1/s1. The van der Waals surface area contributed by atoms with Crippen molar-refractivity contribution in [3.63, 3.8) is 0 Å². The zero-order valence-electron chi connectivity index (χ0n) is 14.3. The molecule has 0 fully saturated rings. The number of hydrogen-bond acceptors (Lipinski definition) is 5.